The van der Waals surface area contributed by atoms with Gasteiger partial charge in [0.2, 0.25) is 0 Å². The van der Waals surface area contributed by atoms with Gasteiger partial charge in [-0.2, -0.15) is 5.10 Å². The van der Waals surface area contributed by atoms with Crippen molar-refractivity contribution in [3.63, 3.8) is 0 Å². The molecule has 1 saturated carbocycles. The van der Waals surface area contributed by atoms with E-state index < -0.39 is 17.2 Å². The van der Waals surface area contributed by atoms with Crippen LogP contribution in [0, 0.1) is 5.82 Å². The summed E-state index contributed by atoms with van der Waals surface area (Å²) in [6.45, 7) is 5.70. The predicted molar refractivity (Wildman–Crippen MR) is 168 cm³/mol. The first-order valence-electron chi connectivity index (χ1n) is 15.5. The Bertz CT molecular complexity index is 1910. The van der Waals surface area contributed by atoms with E-state index >= 15 is 4.39 Å². The number of halogens is 1. The molecule has 2 N–H and O–H groups in total. The molecule has 3 aromatic heterocycles. The van der Waals surface area contributed by atoms with Crippen molar-refractivity contribution in [3.8, 4) is 22.5 Å². The van der Waals surface area contributed by atoms with E-state index in [1.54, 1.807) is 22.9 Å². The minimum absolute atomic E-state index is 0.0128. The van der Waals surface area contributed by atoms with E-state index in [1.165, 1.54) is 6.20 Å². The highest BCUT2D eigenvalue weighted by Crippen LogP contribution is 2.33. The third-order valence-corrected chi connectivity index (χ3v) is 8.45. The molecule has 11 heteroatoms. The lowest BCUT2D eigenvalue weighted by Gasteiger charge is -2.32. The van der Waals surface area contributed by atoms with Crippen LogP contribution in [0.5, 0.6) is 0 Å². The van der Waals surface area contributed by atoms with Gasteiger partial charge in [-0.1, -0.05) is 67.0 Å². The second kappa shape index (κ2) is 12.6. The summed E-state index contributed by atoms with van der Waals surface area (Å²) in [5.41, 5.74) is 3.91. The number of benzene rings is 2. The quantitative estimate of drug-likeness (QED) is 0.214. The molecule has 0 unspecified atom stereocenters. The molecule has 1 aliphatic rings. The SMILES string of the molecule is CCCc1c(Cc2ccc(-c3ccccc3-c3noc(=O)[nH]3)cc2)c(=O)n(C2CCC(OCC(C)(C)O)CC2)c2c(F)cnn12. The number of fused-ring (bicyclic) bond motifs is 1. The molecule has 0 radical (unpaired) electrons. The van der Waals surface area contributed by atoms with Crippen molar-refractivity contribution in [3.05, 3.63) is 98.3 Å². The summed E-state index contributed by atoms with van der Waals surface area (Å²) < 4.78 is 29.2. The largest absolute Gasteiger partial charge is 0.439 e. The van der Waals surface area contributed by atoms with Gasteiger partial charge in [0.1, 0.15) is 0 Å². The lowest BCUT2D eigenvalue weighted by Crippen LogP contribution is -2.36. The number of aliphatic hydroxyl groups is 1. The second-order valence-electron chi connectivity index (χ2n) is 12.5. The third kappa shape index (κ3) is 6.41. The van der Waals surface area contributed by atoms with Gasteiger partial charge in [0.15, 0.2) is 17.3 Å². The number of aromatic amines is 1. The Labute approximate surface area is 259 Å². The summed E-state index contributed by atoms with van der Waals surface area (Å²) in [6.07, 6.45) is 5.66. The van der Waals surface area contributed by atoms with Crippen molar-refractivity contribution in [2.45, 2.75) is 83.5 Å². The summed E-state index contributed by atoms with van der Waals surface area (Å²) in [4.78, 5) is 28.5. The van der Waals surface area contributed by atoms with Gasteiger partial charge in [0.25, 0.3) is 5.56 Å². The van der Waals surface area contributed by atoms with Gasteiger partial charge in [-0.15, -0.1) is 0 Å². The predicted octanol–water partition coefficient (Wildman–Crippen LogP) is 5.46. The van der Waals surface area contributed by atoms with Crippen LogP contribution in [0.15, 0.2) is 68.8 Å². The van der Waals surface area contributed by atoms with Crippen LogP contribution in [-0.2, 0) is 17.6 Å². The number of rotatable bonds is 10. The van der Waals surface area contributed by atoms with Crippen molar-refractivity contribution in [1.82, 2.24) is 24.3 Å². The van der Waals surface area contributed by atoms with Crippen molar-refractivity contribution in [2.75, 3.05) is 6.61 Å². The van der Waals surface area contributed by atoms with Gasteiger partial charge >= 0.3 is 5.76 Å². The van der Waals surface area contributed by atoms with E-state index in [0.29, 0.717) is 49.9 Å². The maximum Gasteiger partial charge on any atom is 0.439 e. The first kappa shape index (κ1) is 30.7. The van der Waals surface area contributed by atoms with E-state index in [2.05, 4.69) is 15.2 Å². The lowest BCUT2D eigenvalue weighted by molar-refractivity contribution is -0.0654. The zero-order chi connectivity index (χ0) is 31.7. The Morgan fingerprint density at radius 2 is 1.78 bits per heavy atom. The van der Waals surface area contributed by atoms with E-state index in [4.69, 9.17) is 9.26 Å². The Hall–Kier alpha value is -4.35. The number of H-pyrrole nitrogens is 1. The molecule has 0 saturated heterocycles. The van der Waals surface area contributed by atoms with E-state index in [1.807, 2.05) is 55.5 Å². The van der Waals surface area contributed by atoms with Gasteiger partial charge in [-0.25, -0.2) is 13.7 Å². The van der Waals surface area contributed by atoms with Crippen LogP contribution >= 0.6 is 0 Å². The summed E-state index contributed by atoms with van der Waals surface area (Å²) >= 11 is 0. The Morgan fingerprint density at radius 1 is 1.07 bits per heavy atom. The molecule has 45 heavy (non-hydrogen) atoms. The smallest absolute Gasteiger partial charge is 0.388 e. The normalized spacial score (nSPS) is 17.3. The molecule has 0 aliphatic heterocycles. The molecule has 0 bridgehead atoms. The van der Waals surface area contributed by atoms with E-state index in [-0.39, 0.29) is 30.0 Å². The number of nitrogens with one attached hydrogen (secondary N) is 1. The molecule has 6 rings (SSSR count). The molecule has 3 heterocycles. The summed E-state index contributed by atoms with van der Waals surface area (Å²) in [5.74, 6) is -0.778. The highest BCUT2D eigenvalue weighted by molar-refractivity contribution is 5.80. The first-order chi connectivity index (χ1) is 21.6. The topological polar surface area (TPSA) is 128 Å². The van der Waals surface area contributed by atoms with E-state index in [9.17, 15) is 14.7 Å². The van der Waals surface area contributed by atoms with Crippen LogP contribution in [0.4, 0.5) is 4.39 Å². The number of nitrogens with zero attached hydrogens (tertiary/aromatic N) is 4. The molecular weight excluding hydrogens is 577 g/mol. The van der Waals surface area contributed by atoms with Crippen LogP contribution in [0.3, 0.4) is 0 Å². The van der Waals surface area contributed by atoms with Crippen molar-refractivity contribution < 1.29 is 18.8 Å². The molecule has 0 amide bonds. The van der Waals surface area contributed by atoms with Gasteiger partial charge < -0.3 is 9.84 Å². The van der Waals surface area contributed by atoms with E-state index in [0.717, 1.165) is 34.4 Å². The Kier molecular flexibility index (Phi) is 8.56. The molecule has 10 nitrogen and oxygen atoms in total. The van der Waals surface area contributed by atoms with Crippen LogP contribution < -0.4 is 11.3 Å². The number of hydrogen-bond acceptors (Lipinski definition) is 7. The van der Waals surface area contributed by atoms with Crippen molar-refractivity contribution in [1.29, 1.82) is 0 Å². The number of aryl methyl sites for hydroxylation is 1. The number of aromatic nitrogens is 5. The average molecular weight is 616 g/mol. The molecular formula is C34H38FN5O5. The second-order valence-corrected chi connectivity index (χ2v) is 12.5. The third-order valence-electron chi connectivity index (χ3n) is 8.45. The minimum atomic E-state index is -0.913. The average Bonchev–Trinajstić information content (AvgIpc) is 3.64. The zero-order valence-electron chi connectivity index (χ0n) is 25.8. The molecule has 0 atom stereocenters. The highest BCUT2D eigenvalue weighted by atomic mass is 19.1. The standard InChI is InChI=1S/C34H38FN5O5/c1-4-7-29-27(18-21-10-12-22(13-11-21)25-8-5-6-9-26(25)30-37-33(42)45-38-30)32(41)39(31-28(35)19-36-40(29)31)23-14-16-24(17-15-23)44-20-34(2,3)43/h5-6,8-13,19,23-24,43H,4,7,14-18,20H2,1-3H3,(H,37,38,42). The fraction of sp³-hybridized carbons (Fsp3) is 0.412. The lowest BCUT2D eigenvalue weighted by atomic mass is 9.92. The molecule has 1 fully saturated rings. The first-order valence-corrected chi connectivity index (χ1v) is 15.5. The molecule has 0 spiro atoms. The maximum atomic E-state index is 15.3. The maximum absolute atomic E-state index is 15.3. The van der Waals surface area contributed by atoms with Crippen LogP contribution in [-0.4, -0.2) is 47.7 Å². The van der Waals surface area contributed by atoms with Gasteiger partial charge in [-0.3, -0.25) is 18.9 Å². The molecule has 236 valence electrons. The minimum Gasteiger partial charge on any atom is -0.388 e. The summed E-state index contributed by atoms with van der Waals surface area (Å²) in [5, 5.41) is 18.3. The monoisotopic (exact) mass is 615 g/mol. The summed E-state index contributed by atoms with van der Waals surface area (Å²) in [7, 11) is 0. The Balaban J connectivity index is 1.33. The molecule has 5 aromatic rings. The fourth-order valence-corrected chi connectivity index (χ4v) is 6.32. The van der Waals surface area contributed by atoms with Crippen LogP contribution in [0.2, 0.25) is 0 Å². The number of ether oxygens (including phenoxy) is 1. The van der Waals surface area contributed by atoms with Gasteiger partial charge in [0.05, 0.1) is 30.2 Å². The fourth-order valence-electron chi connectivity index (χ4n) is 6.32. The summed E-state index contributed by atoms with van der Waals surface area (Å²) in [6, 6.07) is 15.3. The van der Waals surface area contributed by atoms with Crippen LogP contribution in [0.25, 0.3) is 28.2 Å². The molecule has 1 aliphatic carbocycles. The van der Waals surface area contributed by atoms with Gasteiger partial charge in [-0.05, 0) is 62.6 Å². The Morgan fingerprint density at radius 3 is 2.42 bits per heavy atom. The number of hydrogen-bond donors (Lipinski definition) is 2. The van der Waals surface area contributed by atoms with Gasteiger partial charge in [0, 0.05) is 23.6 Å². The highest BCUT2D eigenvalue weighted by Gasteiger charge is 2.30. The van der Waals surface area contributed by atoms with Crippen molar-refractivity contribution >= 4 is 5.65 Å². The molecule has 2 aromatic carbocycles. The zero-order valence-corrected chi connectivity index (χ0v) is 25.8. The van der Waals surface area contributed by atoms with Crippen molar-refractivity contribution in [2.24, 2.45) is 0 Å². The van der Waals surface area contributed by atoms with Crippen LogP contribution in [0.1, 0.15) is 75.7 Å².